The molecular formula is C25H20N2O4S2. The molecule has 1 aromatic heterocycles. The Morgan fingerprint density at radius 3 is 2.33 bits per heavy atom. The lowest BCUT2D eigenvalue weighted by molar-refractivity contribution is -0.123. The number of hydrogen-bond acceptors (Lipinski definition) is 6. The molecule has 0 radical (unpaired) electrons. The second kappa shape index (κ2) is 6.84. The summed E-state index contributed by atoms with van der Waals surface area (Å²) in [5.74, 6) is -0.213. The van der Waals surface area contributed by atoms with Crippen LogP contribution in [-0.2, 0) is 9.59 Å². The third kappa shape index (κ3) is 2.59. The van der Waals surface area contributed by atoms with Crippen LogP contribution >= 0.6 is 23.1 Å². The summed E-state index contributed by atoms with van der Waals surface area (Å²) in [6.45, 7) is 0. The summed E-state index contributed by atoms with van der Waals surface area (Å²) in [7, 11) is 0. The summed E-state index contributed by atoms with van der Waals surface area (Å²) < 4.78 is 0. The molecule has 2 saturated carbocycles. The molecule has 3 aromatic rings. The van der Waals surface area contributed by atoms with E-state index in [2.05, 4.69) is 4.98 Å². The minimum absolute atomic E-state index is 0.0274. The summed E-state index contributed by atoms with van der Waals surface area (Å²) in [5.41, 5.74) is 1.69. The molecule has 2 aromatic carbocycles. The van der Waals surface area contributed by atoms with E-state index in [1.165, 1.54) is 16.2 Å². The summed E-state index contributed by atoms with van der Waals surface area (Å²) in [6.07, 6.45) is 0.867. The molecule has 7 atom stereocenters. The lowest BCUT2D eigenvalue weighted by Crippen LogP contribution is -2.42. The number of amides is 2. The number of benzene rings is 2. The molecule has 3 fully saturated rings. The van der Waals surface area contributed by atoms with Gasteiger partial charge in [0, 0.05) is 16.0 Å². The van der Waals surface area contributed by atoms with Crippen molar-refractivity contribution in [1.82, 2.24) is 4.98 Å². The van der Waals surface area contributed by atoms with Crippen LogP contribution in [0.25, 0.3) is 0 Å². The van der Waals surface area contributed by atoms with Crippen molar-refractivity contribution in [1.29, 1.82) is 0 Å². The molecule has 3 heterocycles. The third-order valence-corrected chi connectivity index (χ3v) is 10.6. The second-order valence-corrected chi connectivity index (χ2v) is 11.6. The van der Waals surface area contributed by atoms with Crippen molar-refractivity contribution in [3.63, 3.8) is 0 Å². The highest BCUT2D eigenvalue weighted by Gasteiger charge is 2.69. The second-order valence-electron chi connectivity index (χ2n) is 9.40. The number of rotatable bonds is 2. The van der Waals surface area contributed by atoms with Crippen molar-refractivity contribution in [3.05, 3.63) is 74.7 Å². The number of fused-ring (bicyclic) bond motifs is 9. The molecule has 33 heavy (non-hydrogen) atoms. The number of phenolic OH excluding ortho intramolecular Hbond substituents is 1. The van der Waals surface area contributed by atoms with Crippen molar-refractivity contribution in [2.45, 2.75) is 22.6 Å². The number of aromatic hydroxyl groups is 1. The highest BCUT2D eigenvalue weighted by atomic mass is 32.2. The number of nitrogens with zero attached hydrogens (tertiary/aromatic N) is 1. The van der Waals surface area contributed by atoms with E-state index in [1.54, 1.807) is 23.9 Å². The first-order valence-corrected chi connectivity index (χ1v) is 12.8. The number of aromatic amines is 1. The summed E-state index contributed by atoms with van der Waals surface area (Å²) in [6, 6.07) is 16.4. The van der Waals surface area contributed by atoms with Gasteiger partial charge in [0.1, 0.15) is 5.75 Å². The Kier molecular flexibility index (Phi) is 4.06. The Morgan fingerprint density at radius 2 is 1.61 bits per heavy atom. The van der Waals surface area contributed by atoms with Crippen molar-refractivity contribution < 1.29 is 14.7 Å². The molecule has 8 heteroatoms. The Morgan fingerprint density at radius 1 is 0.909 bits per heavy atom. The smallest absolute Gasteiger partial charge is 0.305 e. The van der Waals surface area contributed by atoms with E-state index in [9.17, 15) is 19.5 Å². The summed E-state index contributed by atoms with van der Waals surface area (Å²) in [4.78, 5) is 44.8. The highest BCUT2D eigenvalue weighted by molar-refractivity contribution is 8.00. The zero-order valence-electron chi connectivity index (χ0n) is 17.4. The normalized spacial score (nSPS) is 33.8. The SMILES string of the molecule is O=C1[C@H]2[C@H]3C[C@@H]([C@@H]2C(=O)N1c1ccccc1)[C@H]1[C@H](c2ccc(O)cc2)c2sc(=O)[nH]c2S[C@H]31. The number of carbonyl (C=O) groups excluding carboxylic acids is 2. The number of imide groups is 1. The number of phenols is 1. The average Bonchev–Trinajstić information content (AvgIpc) is 3.54. The molecule has 4 aliphatic rings. The van der Waals surface area contributed by atoms with Crippen LogP contribution in [0.1, 0.15) is 22.8 Å². The van der Waals surface area contributed by atoms with Crippen LogP contribution in [0.3, 0.4) is 0 Å². The fraction of sp³-hybridized carbons (Fsp3) is 0.320. The van der Waals surface area contributed by atoms with Gasteiger partial charge in [-0.25, -0.2) is 0 Å². The molecule has 2 amide bonds. The van der Waals surface area contributed by atoms with Crippen LogP contribution in [0, 0.1) is 29.6 Å². The van der Waals surface area contributed by atoms with Gasteiger partial charge in [0.15, 0.2) is 0 Å². The van der Waals surface area contributed by atoms with E-state index in [4.69, 9.17) is 0 Å². The maximum Gasteiger partial charge on any atom is 0.305 e. The Bertz CT molecular complexity index is 1350. The molecule has 0 spiro atoms. The van der Waals surface area contributed by atoms with Crippen LogP contribution < -0.4 is 9.77 Å². The first-order chi connectivity index (χ1) is 16.0. The fourth-order valence-corrected chi connectivity index (χ4v) is 9.79. The lowest BCUT2D eigenvalue weighted by atomic mass is 9.68. The summed E-state index contributed by atoms with van der Waals surface area (Å²) in [5, 5.41) is 10.9. The first kappa shape index (κ1) is 19.6. The third-order valence-electron chi connectivity index (χ3n) is 7.99. The molecule has 1 saturated heterocycles. The van der Waals surface area contributed by atoms with E-state index in [-0.39, 0.29) is 63.2 Å². The van der Waals surface area contributed by atoms with E-state index in [1.807, 2.05) is 42.5 Å². The monoisotopic (exact) mass is 476 g/mol. The van der Waals surface area contributed by atoms with Crippen LogP contribution in [0.5, 0.6) is 5.75 Å². The van der Waals surface area contributed by atoms with Gasteiger partial charge in [0.05, 0.1) is 22.5 Å². The van der Waals surface area contributed by atoms with Gasteiger partial charge in [-0.2, -0.15) is 0 Å². The van der Waals surface area contributed by atoms with Crippen molar-refractivity contribution in [3.8, 4) is 5.75 Å². The zero-order valence-corrected chi connectivity index (χ0v) is 19.0. The Hall–Kier alpha value is -2.84. The first-order valence-electron chi connectivity index (χ1n) is 11.1. The average molecular weight is 477 g/mol. The molecule has 2 N–H and O–H groups in total. The van der Waals surface area contributed by atoms with Crippen LogP contribution in [0.15, 0.2) is 64.4 Å². The standard InChI is InChI=1S/C25H20N2O4S2/c28-13-8-6-11(7-9-13)16-17-14-10-15(20(17)32-22-21(16)33-25(31)26-22)19-18(14)23(29)27(24(19)30)12-4-2-1-3-5-12/h1-9,14-20,28H,10H2,(H,26,31)/t14-,15-,16+,17+,18+,19+,20-/m1/s1. The van der Waals surface area contributed by atoms with Crippen LogP contribution in [0.2, 0.25) is 0 Å². The van der Waals surface area contributed by atoms with E-state index in [0.29, 0.717) is 5.69 Å². The predicted octanol–water partition coefficient (Wildman–Crippen LogP) is 3.82. The van der Waals surface area contributed by atoms with E-state index < -0.39 is 0 Å². The van der Waals surface area contributed by atoms with E-state index >= 15 is 0 Å². The number of H-pyrrole nitrogens is 1. The lowest BCUT2D eigenvalue weighted by Gasteiger charge is -2.43. The quantitative estimate of drug-likeness (QED) is 0.549. The molecular weight excluding hydrogens is 456 g/mol. The van der Waals surface area contributed by atoms with Gasteiger partial charge in [-0.15, -0.1) is 11.8 Å². The van der Waals surface area contributed by atoms with Crippen molar-refractivity contribution in [2.75, 3.05) is 4.90 Å². The molecule has 6 nitrogen and oxygen atoms in total. The number of thioether (sulfide) groups is 1. The Balaban J connectivity index is 1.34. The molecule has 2 aliphatic carbocycles. The largest absolute Gasteiger partial charge is 0.508 e. The minimum atomic E-state index is -0.304. The molecule has 2 aliphatic heterocycles. The number of nitrogens with one attached hydrogen (secondary N) is 1. The van der Waals surface area contributed by atoms with E-state index in [0.717, 1.165) is 21.9 Å². The van der Waals surface area contributed by atoms with Crippen molar-refractivity contribution in [2.24, 2.45) is 29.6 Å². The van der Waals surface area contributed by atoms with Gasteiger partial charge >= 0.3 is 4.87 Å². The van der Waals surface area contributed by atoms with Gasteiger partial charge in [0.25, 0.3) is 0 Å². The molecule has 166 valence electrons. The fourth-order valence-electron chi connectivity index (χ4n) is 6.90. The maximum atomic E-state index is 13.6. The molecule has 7 rings (SSSR count). The number of thiazole rings is 1. The molecule has 0 unspecified atom stereocenters. The number of hydrogen-bond donors (Lipinski definition) is 2. The predicted molar refractivity (Wildman–Crippen MR) is 126 cm³/mol. The topological polar surface area (TPSA) is 90.5 Å². The maximum absolute atomic E-state index is 13.6. The minimum Gasteiger partial charge on any atom is -0.508 e. The highest BCUT2D eigenvalue weighted by Crippen LogP contribution is 2.68. The number of para-hydroxylation sites is 1. The van der Waals surface area contributed by atoms with Gasteiger partial charge in [-0.3, -0.25) is 19.3 Å². The number of carbonyl (C=O) groups is 2. The van der Waals surface area contributed by atoms with Crippen LogP contribution in [-0.4, -0.2) is 27.2 Å². The number of aromatic nitrogens is 1. The summed E-state index contributed by atoms with van der Waals surface area (Å²) >= 11 is 2.93. The van der Waals surface area contributed by atoms with Crippen LogP contribution in [0.4, 0.5) is 5.69 Å². The van der Waals surface area contributed by atoms with Gasteiger partial charge in [-0.05, 0) is 54.0 Å². The van der Waals surface area contributed by atoms with Gasteiger partial charge in [0.2, 0.25) is 11.8 Å². The Labute approximate surface area is 197 Å². The van der Waals surface area contributed by atoms with Crippen molar-refractivity contribution >= 4 is 40.6 Å². The van der Waals surface area contributed by atoms with Gasteiger partial charge in [-0.1, -0.05) is 41.7 Å². The van der Waals surface area contributed by atoms with Gasteiger partial charge < -0.3 is 10.1 Å². The number of anilines is 1. The zero-order chi connectivity index (χ0) is 22.4. The molecule has 2 bridgehead atoms.